The molecular weight excluding hydrogens is 274 g/mol. The molecule has 3 heterocycles. The average Bonchev–Trinajstić information content (AvgIpc) is 2.88. The Hall–Kier alpha value is -1.40. The molecule has 0 N–H and O–H groups in total. The third kappa shape index (κ3) is 2.71. The van der Waals surface area contributed by atoms with E-state index in [1.165, 1.54) is 0 Å². The molecular formula is C14H19N3O2S. The molecule has 0 aromatic carbocycles. The summed E-state index contributed by atoms with van der Waals surface area (Å²) in [5.41, 5.74) is 2.21. The second-order valence-electron chi connectivity index (χ2n) is 5.48. The monoisotopic (exact) mass is 293 g/mol. The number of sulfone groups is 1. The van der Waals surface area contributed by atoms with Gasteiger partial charge in [-0.15, -0.1) is 0 Å². The second-order valence-corrected chi connectivity index (χ2v) is 7.79. The fourth-order valence-corrected chi connectivity index (χ4v) is 4.30. The Morgan fingerprint density at radius 1 is 1.30 bits per heavy atom. The van der Waals surface area contributed by atoms with Crippen molar-refractivity contribution in [1.29, 1.82) is 0 Å². The van der Waals surface area contributed by atoms with Crippen molar-refractivity contribution in [3.8, 4) is 0 Å². The molecule has 6 heteroatoms. The van der Waals surface area contributed by atoms with Gasteiger partial charge in [-0.1, -0.05) is 6.07 Å². The summed E-state index contributed by atoms with van der Waals surface area (Å²) in [6, 6.07) is 8.45. The predicted molar refractivity (Wildman–Crippen MR) is 78.3 cm³/mol. The molecule has 0 amide bonds. The number of pyridine rings is 1. The van der Waals surface area contributed by atoms with Crippen LogP contribution in [0.15, 0.2) is 30.5 Å². The van der Waals surface area contributed by atoms with E-state index in [2.05, 4.69) is 23.1 Å². The molecule has 1 aliphatic rings. The van der Waals surface area contributed by atoms with Gasteiger partial charge in [0.05, 0.1) is 22.7 Å². The molecule has 2 aromatic heterocycles. The number of hydrogen-bond acceptors (Lipinski definition) is 4. The van der Waals surface area contributed by atoms with Crippen molar-refractivity contribution >= 4 is 15.4 Å². The first-order valence-electron chi connectivity index (χ1n) is 6.87. The lowest BCUT2D eigenvalue weighted by Crippen LogP contribution is -2.38. The van der Waals surface area contributed by atoms with E-state index in [1.54, 1.807) is 6.20 Å². The summed E-state index contributed by atoms with van der Waals surface area (Å²) < 4.78 is 24.9. The van der Waals surface area contributed by atoms with Gasteiger partial charge in [0.25, 0.3) is 0 Å². The van der Waals surface area contributed by atoms with Gasteiger partial charge in [0.2, 0.25) is 0 Å². The Labute approximate surface area is 119 Å². The first kappa shape index (κ1) is 13.6. The van der Waals surface area contributed by atoms with Crippen LogP contribution >= 0.6 is 0 Å². The van der Waals surface area contributed by atoms with Gasteiger partial charge < -0.3 is 0 Å². The fourth-order valence-electron chi connectivity index (χ4n) is 2.83. The van der Waals surface area contributed by atoms with E-state index < -0.39 is 9.84 Å². The maximum atomic E-state index is 11.5. The van der Waals surface area contributed by atoms with Crippen LogP contribution in [0.4, 0.5) is 0 Å². The van der Waals surface area contributed by atoms with E-state index in [0.29, 0.717) is 17.5 Å². The van der Waals surface area contributed by atoms with Gasteiger partial charge in [0, 0.05) is 18.8 Å². The highest BCUT2D eigenvalue weighted by Crippen LogP contribution is 2.19. The minimum atomic E-state index is -2.79. The van der Waals surface area contributed by atoms with E-state index in [1.807, 2.05) is 22.7 Å². The van der Waals surface area contributed by atoms with Gasteiger partial charge in [0.15, 0.2) is 0 Å². The first-order valence-corrected chi connectivity index (χ1v) is 8.70. The summed E-state index contributed by atoms with van der Waals surface area (Å²) in [7, 11) is -0.732. The fraction of sp³-hybridized carbons (Fsp3) is 0.500. The number of nitrogens with zero attached hydrogens (tertiary/aromatic N) is 3. The largest absolute Gasteiger partial charge is 0.298 e. The lowest BCUT2D eigenvalue weighted by molar-refractivity contribution is 0.215. The van der Waals surface area contributed by atoms with Crippen LogP contribution in [0.5, 0.6) is 0 Å². The molecule has 5 nitrogen and oxygen atoms in total. The van der Waals surface area contributed by atoms with E-state index in [0.717, 1.165) is 30.6 Å². The molecule has 3 rings (SSSR count). The number of fused-ring (bicyclic) bond motifs is 1. The van der Waals surface area contributed by atoms with Crippen LogP contribution in [0.25, 0.3) is 5.52 Å². The Kier molecular flexibility index (Phi) is 3.52. The molecule has 108 valence electrons. The zero-order valence-electron chi connectivity index (χ0n) is 11.6. The molecule has 1 fully saturated rings. The molecule has 1 saturated heterocycles. The van der Waals surface area contributed by atoms with Gasteiger partial charge in [0.1, 0.15) is 9.84 Å². The predicted octanol–water partition coefficient (Wildman–Crippen LogP) is 1.34. The van der Waals surface area contributed by atoms with Crippen LogP contribution in [0.1, 0.15) is 18.5 Å². The van der Waals surface area contributed by atoms with E-state index in [4.69, 9.17) is 0 Å². The van der Waals surface area contributed by atoms with Gasteiger partial charge in [-0.25, -0.2) is 12.9 Å². The van der Waals surface area contributed by atoms with Gasteiger partial charge in [-0.05, 0) is 38.1 Å². The van der Waals surface area contributed by atoms with Crippen molar-refractivity contribution in [3.05, 3.63) is 36.2 Å². The minimum Gasteiger partial charge on any atom is -0.298 e. The van der Waals surface area contributed by atoms with Crippen molar-refractivity contribution in [1.82, 2.24) is 14.5 Å². The average molecular weight is 293 g/mol. The lowest BCUT2D eigenvalue weighted by Gasteiger charge is -2.31. The highest BCUT2D eigenvalue weighted by Gasteiger charge is 2.26. The standard InChI is InChI=1S/C14H19N3O2S/c1-16(12-6-9-20(18,19)10-7-12)11-14-4-2-3-13-5-8-15-17(13)14/h2-5,8,12H,6-7,9-11H2,1H3. The van der Waals surface area contributed by atoms with E-state index in [-0.39, 0.29) is 0 Å². The maximum Gasteiger partial charge on any atom is 0.150 e. The Balaban J connectivity index is 1.73. The van der Waals surface area contributed by atoms with Crippen molar-refractivity contribution in [2.45, 2.75) is 25.4 Å². The Morgan fingerprint density at radius 3 is 2.80 bits per heavy atom. The molecule has 0 saturated carbocycles. The number of aromatic nitrogens is 2. The third-order valence-electron chi connectivity index (χ3n) is 4.06. The molecule has 20 heavy (non-hydrogen) atoms. The summed E-state index contributed by atoms with van der Waals surface area (Å²) in [5.74, 6) is 0.627. The van der Waals surface area contributed by atoms with Crippen LogP contribution in [0, 0.1) is 0 Å². The minimum absolute atomic E-state index is 0.313. The molecule has 0 aliphatic carbocycles. The van der Waals surface area contributed by atoms with Crippen molar-refractivity contribution in [2.24, 2.45) is 0 Å². The third-order valence-corrected chi connectivity index (χ3v) is 5.77. The summed E-state index contributed by atoms with van der Waals surface area (Å²) in [4.78, 5) is 2.24. The van der Waals surface area contributed by atoms with E-state index in [9.17, 15) is 8.42 Å². The quantitative estimate of drug-likeness (QED) is 0.857. The van der Waals surface area contributed by atoms with Crippen molar-refractivity contribution < 1.29 is 8.42 Å². The number of hydrogen-bond donors (Lipinski definition) is 0. The van der Waals surface area contributed by atoms with Crippen LogP contribution in [0.3, 0.4) is 0 Å². The van der Waals surface area contributed by atoms with Gasteiger partial charge >= 0.3 is 0 Å². The van der Waals surface area contributed by atoms with E-state index >= 15 is 0 Å². The Bertz CT molecular complexity index is 694. The summed E-state index contributed by atoms with van der Waals surface area (Å²) in [6.07, 6.45) is 3.26. The highest BCUT2D eigenvalue weighted by atomic mass is 32.2. The molecule has 0 atom stereocenters. The molecule has 0 spiro atoms. The number of rotatable bonds is 3. The second kappa shape index (κ2) is 5.18. The zero-order chi connectivity index (χ0) is 14.2. The topological polar surface area (TPSA) is 54.7 Å². The highest BCUT2D eigenvalue weighted by molar-refractivity contribution is 7.91. The summed E-state index contributed by atoms with van der Waals surface area (Å²) in [5, 5.41) is 4.33. The van der Waals surface area contributed by atoms with Gasteiger partial charge in [-0.2, -0.15) is 5.10 Å². The van der Waals surface area contributed by atoms with Crippen LogP contribution in [-0.4, -0.2) is 47.5 Å². The zero-order valence-corrected chi connectivity index (χ0v) is 12.4. The first-order chi connectivity index (χ1) is 9.55. The normalized spacial score (nSPS) is 19.7. The van der Waals surface area contributed by atoms with Crippen molar-refractivity contribution in [2.75, 3.05) is 18.6 Å². The van der Waals surface area contributed by atoms with Crippen LogP contribution in [-0.2, 0) is 16.4 Å². The summed E-state index contributed by atoms with van der Waals surface area (Å²) >= 11 is 0. The lowest BCUT2D eigenvalue weighted by atomic mass is 10.1. The van der Waals surface area contributed by atoms with Gasteiger partial charge in [-0.3, -0.25) is 4.90 Å². The van der Waals surface area contributed by atoms with Crippen LogP contribution in [0.2, 0.25) is 0 Å². The molecule has 0 radical (unpaired) electrons. The molecule has 2 aromatic rings. The molecule has 0 bridgehead atoms. The Morgan fingerprint density at radius 2 is 2.05 bits per heavy atom. The smallest absolute Gasteiger partial charge is 0.150 e. The molecule has 1 aliphatic heterocycles. The molecule has 0 unspecified atom stereocenters. The SMILES string of the molecule is CN(Cc1cccc2ccnn12)C1CCS(=O)(=O)CC1. The van der Waals surface area contributed by atoms with Crippen molar-refractivity contribution in [3.63, 3.8) is 0 Å². The van der Waals surface area contributed by atoms with Crippen LogP contribution < -0.4 is 0 Å². The maximum absolute atomic E-state index is 11.5. The summed E-state index contributed by atoms with van der Waals surface area (Å²) in [6.45, 7) is 0.781.